The second-order valence-electron chi connectivity index (χ2n) is 2.10. The molecule has 1 aromatic carbocycles. The van der Waals surface area contributed by atoms with Gasteiger partial charge in [0.05, 0.1) is 0 Å². The second kappa shape index (κ2) is 3.84. The minimum atomic E-state index is -1.12. The van der Waals surface area contributed by atoms with Gasteiger partial charge in [-0.05, 0) is 24.3 Å². The molecule has 0 heterocycles. The van der Waals surface area contributed by atoms with Crippen molar-refractivity contribution in [1.82, 2.24) is 0 Å². The van der Waals surface area contributed by atoms with Gasteiger partial charge in [-0.3, -0.25) is 0 Å². The van der Waals surface area contributed by atoms with Crippen LogP contribution in [-0.4, -0.2) is 11.1 Å². The predicted octanol–water partition coefficient (Wildman–Crippen LogP) is 1.41. The van der Waals surface area contributed by atoms with Crippen LogP contribution in [0.25, 0.3) is 0 Å². The van der Waals surface area contributed by atoms with Crippen LogP contribution in [0.15, 0.2) is 29.2 Å². The van der Waals surface area contributed by atoms with Gasteiger partial charge in [-0.2, -0.15) is 0 Å². The third-order valence-corrected chi connectivity index (χ3v) is 1.48. The zero-order valence-corrected chi connectivity index (χ0v) is 7.01. The molecule has 0 spiro atoms. The number of hydrogen-bond donors (Lipinski definition) is 2. The van der Waals surface area contributed by atoms with Crippen molar-refractivity contribution in [1.29, 1.82) is 0 Å². The number of hydrogen-bond acceptors (Lipinski definition) is 2. The van der Waals surface area contributed by atoms with Gasteiger partial charge >= 0.3 is 5.97 Å². The summed E-state index contributed by atoms with van der Waals surface area (Å²) < 4.78 is 0. The first-order chi connectivity index (χ1) is 5.68. The summed E-state index contributed by atoms with van der Waals surface area (Å²) in [4.78, 5) is 10.9. The zero-order valence-electron chi connectivity index (χ0n) is 6.11. The maximum absolute atomic E-state index is 10.1. The minimum Gasteiger partial charge on any atom is -0.472 e. The molecular formula is C9H6O2S. The van der Waals surface area contributed by atoms with Crippen LogP contribution in [0.3, 0.4) is 0 Å². The van der Waals surface area contributed by atoms with Crippen molar-refractivity contribution in [2.75, 3.05) is 0 Å². The van der Waals surface area contributed by atoms with Crippen LogP contribution >= 0.6 is 12.6 Å². The van der Waals surface area contributed by atoms with E-state index in [4.69, 9.17) is 5.11 Å². The molecule has 1 rings (SSSR count). The third kappa shape index (κ3) is 2.69. The van der Waals surface area contributed by atoms with Gasteiger partial charge in [-0.15, -0.1) is 12.6 Å². The summed E-state index contributed by atoms with van der Waals surface area (Å²) in [6, 6.07) is 6.96. The lowest BCUT2D eigenvalue weighted by atomic mass is 10.2. The molecule has 0 saturated heterocycles. The summed E-state index contributed by atoms with van der Waals surface area (Å²) in [5, 5.41) is 8.24. The molecule has 0 saturated carbocycles. The van der Waals surface area contributed by atoms with Crippen LogP contribution in [0.4, 0.5) is 0 Å². The van der Waals surface area contributed by atoms with Crippen molar-refractivity contribution in [3.63, 3.8) is 0 Å². The van der Waals surface area contributed by atoms with Crippen LogP contribution in [0, 0.1) is 11.8 Å². The normalized spacial score (nSPS) is 8.42. The van der Waals surface area contributed by atoms with Gasteiger partial charge in [0.25, 0.3) is 0 Å². The van der Waals surface area contributed by atoms with Crippen molar-refractivity contribution >= 4 is 18.6 Å². The van der Waals surface area contributed by atoms with Crippen molar-refractivity contribution in [2.24, 2.45) is 0 Å². The fraction of sp³-hybridized carbons (Fsp3) is 0. The van der Waals surface area contributed by atoms with Gasteiger partial charge in [0, 0.05) is 16.4 Å². The van der Waals surface area contributed by atoms with E-state index in [1.807, 2.05) is 5.92 Å². The highest BCUT2D eigenvalue weighted by Gasteiger charge is 1.87. The Kier molecular flexibility index (Phi) is 2.78. The molecule has 3 heteroatoms. The Morgan fingerprint density at radius 2 is 1.92 bits per heavy atom. The topological polar surface area (TPSA) is 37.3 Å². The Morgan fingerprint density at radius 1 is 1.33 bits per heavy atom. The Bertz CT molecular complexity index is 343. The van der Waals surface area contributed by atoms with Gasteiger partial charge in [-0.1, -0.05) is 5.92 Å². The molecule has 0 fully saturated rings. The molecule has 0 radical (unpaired) electrons. The summed E-state index contributed by atoms with van der Waals surface area (Å²) in [6.07, 6.45) is 0. The molecule has 0 unspecified atom stereocenters. The highest BCUT2D eigenvalue weighted by atomic mass is 32.1. The predicted molar refractivity (Wildman–Crippen MR) is 48.2 cm³/mol. The number of thiol groups is 1. The van der Waals surface area contributed by atoms with Gasteiger partial charge in [0.1, 0.15) is 0 Å². The quantitative estimate of drug-likeness (QED) is 0.465. The molecule has 0 aliphatic carbocycles. The van der Waals surface area contributed by atoms with Crippen molar-refractivity contribution in [3.05, 3.63) is 29.8 Å². The van der Waals surface area contributed by atoms with E-state index < -0.39 is 5.97 Å². The minimum absolute atomic E-state index is 0.676. The number of rotatable bonds is 0. The number of benzene rings is 1. The largest absolute Gasteiger partial charge is 0.472 e. The van der Waals surface area contributed by atoms with Crippen molar-refractivity contribution in [3.8, 4) is 11.8 Å². The Balaban J connectivity index is 2.86. The standard InChI is InChI=1S/C9H6O2S/c10-9(11)6-3-7-1-4-8(12)5-2-7/h1-2,4-5,12H,(H,10,11). The SMILES string of the molecule is O=C(O)C#Cc1ccc(S)cc1. The first kappa shape index (κ1) is 8.69. The number of carboxylic acids is 1. The molecule has 12 heavy (non-hydrogen) atoms. The highest BCUT2D eigenvalue weighted by molar-refractivity contribution is 7.80. The van der Waals surface area contributed by atoms with E-state index in [1.54, 1.807) is 24.3 Å². The number of aliphatic carboxylic acids is 1. The monoisotopic (exact) mass is 178 g/mol. The molecule has 0 amide bonds. The van der Waals surface area contributed by atoms with E-state index >= 15 is 0 Å². The molecule has 2 nitrogen and oxygen atoms in total. The first-order valence-electron chi connectivity index (χ1n) is 3.22. The van der Waals surface area contributed by atoms with Crippen molar-refractivity contribution in [2.45, 2.75) is 4.90 Å². The number of carbonyl (C=O) groups is 1. The summed E-state index contributed by atoms with van der Waals surface area (Å²) in [5.41, 5.74) is 0.676. The van der Waals surface area contributed by atoms with Gasteiger partial charge < -0.3 is 5.11 Å². The van der Waals surface area contributed by atoms with Gasteiger partial charge in [-0.25, -0.2) is 4.79 Å². The van der Waals surface area contributed by atoms with Crippen LogP contribution < -0.4 is 0 Å². The van der Waals surface area contributed by atoms with Gasteiger partial charge in [0.2, 0.25) is 0 Å². The maximum atomic E-state index is 10.1. The van der Waals surface area contributed by atoms with Crippen molar-refractivity contribution < 1.29 is 9.90 Å². The maximum Gasteiger partial charge on any atom is 0.382 e. The first-order valence-corrected chi connectivity index (χ1v) is 3.67. The number of carboxylic acid groups (broad SMARTS) is 1. The van der Waals surface area contributed by atoms with E-state index in [1.165, 1.54) is 0 Å². The summed E-state index contributed by atoms with van der Waals surface area (Å²) in [6.45, 7) is 0. The van der Waals surface area contributed by atoms with E-state index in [-0.39, 0.29) is 0 Å². The van der Waals surface area contributed by atoms with Gasteiger partial charge in [0.15, 0.2) is 0 Å². The fourth-order valence-corrected chi connectivity index (χ4v) is 0.819. The average Bonchev–Trinajstić information content (AvgIpc) is 2.03. The summed E-state index contributed by atoms with van der Waals surface area (Å²) in [7, 11) is 0. The molecule has 0 aliphatic rings. The third-order valence-electron chi connectivity index (χ3n) is 1.18. The smallest absolute Gasteiger partial charge is 0.382 e. The molecule has 0 bridgehead atoms. The average molecular weight is 178 g/mol. The Morgan fingerprint density at radius 3 is 2.42 bits per heavy atom. The lowest BCUT2D eigenvalue weighted by molar-refractivity contribution is -0.130. The van der Waals surface area contributed by atoms with Crippen LogP contribution in [-0.2, 0) is 4.79 Å². The summed E-state index contributed by atoms with van der Waals surface area (Å²) in [5.74, 6) is 3.39. The van der Waals surface area contributed by atoms with E-state index in [2.05, 4.69) is 18.5 Å². The molecule has 60 valence electrons. The highest BCUT2D eigenvalue weighted by Crippen LogP contribution is 2.06. The van der Waals surface area contributed by atoms with E-state index in [0.29, 0.717) is 5.56 Å². The van der Waals surface area contributed by atoms with E-state index in [0.717, 1.165) is 4.90 Å². The Hall–Kier alpha value is -1.40. The fourth-order valence-electron chi connectivity index (χ4n) is 0.670. The molecular weight excluding hydrogens is 172 g/mol. The Labute approximate surface area is 75.6 Å². The van der Waals surface area contributed by atoms with E-state index in [9.17, 15) is 4.79 Å². The lowest BCUT2D eigenvalue weighted by Crippen LogP contribution is -1.86. The molecule has 0 aromatic heterocycles. The molecule has 1 N–H and O–H groups in total. The lowest BCUT2D eigenvalue weighted by Gasteiger charge is -1.89. The molecule has 0 aliphatic heterocycles. The van der Waals surface area contributed by atoms with Crippen LogP contribution in [0.5, 0.6) is 0 Å². The van der Waals surface area contributed by atoms with Crippen LogP contribution in [0.1, 0.15) is 5.56 Å². The van der Waals surface area contributed by atoms with Crippen LogP contribution in [0.2, 0.25) is 0 Å². The molecule has 0 atom stereocenters. The summed E-state index contributed by atoms with van der Waals surface area (Å²) >= 11 is 4.08. The zero-order chi connectivity index (χ0) is 8.97. The second-order valence-corrected chi connectivity index (χ2v) is 2.62. The molecule has 1 aromatic rings.